The van der Waals surface area contributed by atoms with Crippen molar-refractivity contribution >= 4 is 5.78 Å². The van der Waals surface area contributed by atoms with Crippen LogP contribution in [0.1, 0.15) is 13.3 Å². The molecule has 0 radical (unpaired) electrons. The fourth-order valence-electron chi connectivity index (χ4n) is 3.24. The molecule has 0 amide bonds. The largest absolute Gasteiger partial charge is 0.394 e. The Labute approximate surface area is 102 Å². The zero-order valence-corrected chi connectivity index (χ0v) is 10.7. The summed E-state index contributed by atoms with van der Waals surface area (Å²) in [4.78, 5) is 14.6. The Morgan fingerprint density at radius 3 is 2.71 bits per heavy atom. The van der Waals surface area contributed by atoms with Crippen LogP contribution in [-0.2, 0) is 14.3 Å². The first-order valence-electron chi connectivity index (χ1n) is 5.98. The molecule has 0 aromatic carbocycles. The molecule has 0 saturated carbocycles. The van der Waals surface area contributed by atoms with Gasteiger partial charge in [-0.25, -0.2) is 0 Å². The number of carbonyl (C=O) groups is 1. The van der Waals surface area contributed by atoms with E-state index in [9.17, 15) is 9.90 Å². The zero-order chi connectivity index (χ0) is 12.7. The van der Waals surface area contributed by atoms with Gasteiger partial charge in [0.15, 0.2) is 5.78 Å². The molecule has 0 aromatic heterocycles. The Morgan fingerprint density at radius 1 is 1.53 bits per heavy atom. The molecule has 5 heteroatoms. The summed E-state index contributed by atoms with van der Waals surface area (Å²) in [6.07, 6.45) is 0.800. The van der Waals surface area contributed by atoms with E-state index in [2.05, 4.69) is 0 Å². The van der Waals surface area contributed by atoms with Gasteiger partial charge in [0, 0.05) is 27.3 Å². The van der Waals surface area contributed by atoms with Gasteiger partial charge in [0.1, 0.15) is 5.54 Å². The standard InChI is InChI=1S/C12H21NO4/c1-11(17-3)6-13-5-4-9(11)10(15)12(13,7-14)8-16-2/h9,14H,4-8H2,1-3H3/t9-,11?,12+/m1/s1. The van der Waals surface area contributed by atoms with E-state index in [-0.39, 0.29) is 24.9 Å². The SMILES string of the molecule is COC[C@@]1(CO)C(=O)[C@H]2CCN1CC2(C)OC. The average molecular weight is 243 g/mol. The van der Waals surface area contributed by atoms with Gasteiger partial charge in [0.2, 0.25) is 0 Å². The number of Topliss-reactive ketones (excluding diaryl/α,β-unsaturated/α-hetero) is 1. The minimum absolute atomic E-state index is 0.0590. The van der Waals surface area contributed by atoms with Crippen molar-refractivity contribution < 1.29 is 19.4 Å². The van der Waals surface area contributed by atoms with Crippen LogP contribution in [0.2, 0.25) is 0 Å². The third-order valence-corrected chi connectivity index (χ3v) is 4.42. The van der Waals surface area contributed by atoms with Crippen molar-refractivity contribution in [3.63, 3.8) is 0 Å². The summed E-state index contributed by atoms with van der Waals surface area (Å²) in [5.74, 6) is -0.0801. The average Bonchev–Trinajstić information content (AvgIpc) is 2.34. The van der Waals surface area contributed by atoms with E-state index in [1.54, 1.807) is 14.2 Å². The lowest BCUT2D eigenvalue weighted by molar-refractivity contribution is -0.194. The fraction of sp³-hybridized carbons (Fsp3) is 0.917. The summed E-state index contributed by atoms with van der Waals surface area (Å²) in [6, 6.07) is 0. The molecule has 0 aliphatic carbocycles. The number of aliphatic hydroxyl groups is 1. The predicted molar refractivity (Wildman–Crippen MR) is 61.8 cm³/mol. The van der Waals surface area contributed by atoms with Crippen LogP contribution < -0.4 is 0 Å². The highest BCUT2D eigenvalue weighted by atomic mass is 16.5. The molecule has 5 nitrogen and oxygen atoms in total. The van der Waals surface area contributed by atoms with Crippen LogP contribution in [0.4, 0.5) is 0 Å². The predicted octanol–water partition coefficient (Wildman–Crippen LogP) is -0.326. The van der Waals surface area contributed by atoms with Gasteiger partial charge in [0.05, 0.1) is 24.7 Å². The molecule has 3 heterocycles. The lowest BCUT2D eigenvalue weighted by atomic mass is 9.67. The minimum atomic E-state index is -0.851. The van der Waals surface area contributed by atoms with Crippen molar-refractivity contribution in [3.8, 4) is 0 Å². The summed E-state index contributed by atoms with van der Waals surface area (Å²) in [6.45, 7) is 3.52. The molecule has 98 valence electrons. The molecule has 3 aliphatic heterocycles. The molecule has 2 unspecified atom stereocenters. The van der Waals surface area contributed by atoms with Gasteiger partial charge < -0.3 is 14.6 Å². The summed E-state index contributed by atoms with van der Waals surface area (Å²) < 4.78 is 10.7. The van der Waals surface area contributed by atoms with E-state index >= 15 is 0 Å². The number of fused-ring (bicyclic) bond motifs is 3. The number of ketones is 1. The summed E-state index contributed by atoms with van der Waals surface area (Å²) in [7, 11) is 3.20. The second kappa shape index (κ2) is 4.31. The van der Waals surface area contributed by atoms with E-state index in [4.69, 9.17) is 9.47 Å². The molecule has 2 bridgehead atoms. The lowest BCUT2D eigenvalue weighted by Crippen LogP contribution is -2.76. The molecular formula is C12H21NO4. The van der Waals surface area contributed by atoms with Gasteiger partial charge in [-0.1, -0.05) is 0 Å². The highest BCUT2D eigenvalue weighted by molar-refractivity contribution is 5.93. The van der Waals surface area contributed by atoms with Crippen molar-refractivity contribution in [1.82, 2.24) is 4.90 Å². The maximum Gasteiger partial charge on any atom is 0.163 e. The number of hydrogen-bond acceptors (Lipinski definition) is 5. The van der Waals surface area contributed by atoms with Crippen molar-refractivity contribution in [2.24, 2.45) is 5.92 Å². The third kappa shape index (κ3) is 1.64. The van der Waals surface area contributed by atoms with Crippen LogP contribution in [0, 0.1) is 5.92 Å². The van der Waals surface area contributed by atoms with Crippen LogP contribution in [0.5, 0.6) is 0 Å². The quantitative estimate of drug-likeness (QED) is 0.733. The smallest absolute Gasteiger partial charge is 0.163 e. The van der Waals surface area contributed by atoms with Crippen LogP contribution in [0.25, 0.3) is 0 Å². The van der Waals surface area contributed by atoms with Gasteiger partial charge >= 0.3 is 0 Å². The number of nitrogens with zero attached hydrogens (tertiary/aromatic N) is 1. The Balaban J connectivity index is 2.34. The van der Waals surface area contributed by atoms with Crippen LogP contribution in [0.15, 0.2) is 0 Å². The molecule has 4 atom stereocenters. The number of hydrogen-bond donors (Lipinski definition) is 1. The van der Waals surface area contributed by atoms with E-state index in [1.807, 2.05) is 11.8 Å². The summed E-state index contributed by atoms with van der Waals surface area (Å²) in [5.41, 5.74) is -1.28. The Kier molecular flexibility index (Phi) is 3.29. The molecule has 0 aromatic rings. The Bertz CT molecular complexity index is 322. The molecular weight excluding hydrogens is 222 g/mol. The zero-order valence-electron chi connectivity index (χ0n) is 10.7. The van der Waals surface area contributed by atoms with E-state index in [1.165, 1.54) is 0 Å². The second-order valence-corrected chi connectivity index (χ2v) is 5.27. The molecule has 3 aliphatic rings. The monoisotopic (exact) mass is 243 g/mol. The number of carbonyl (C=O) groups excluding carboxylic acids is 1. The number of methoxy groups -OCH3 is 2. The maximum absolute atomic E-state index is 12.5. The van der Waals surface area contributed by atoms with Crippen molar-refractivity contribution in [3.05, 3.63) is 0 Å². The molecule has 3 saturated heterocycles. The van der Waals surface area contributed by atoms with Gasteiger partial charge in [0.25, 0.3) is 0 Å². The summed E-state index contributed by atoms with van der Waals surface area (Å²) >= 11 is 0. The highest BCUT2D eigenvalue weighted by Gasteiger charge is 2.60. The molecule has 3 fully saturated rings. The van der Waals surface area contributed by atoms with Crippen molar-refractivity contribution in [2.45, 2.75) is 24.5 Å². The van der Waals surface area contributed by atoms with Gasteiger partial charge in [-0.2, -0.15) is 0 Å². The van der Waals surface area contributed by atoms with E-state index < -0.39 is 11.1 Å². The van der Waals surface area contributed by atoms with Crippen LogP contribution in [-0.4, -0.2) is 67.5 Å². The second-order valence-electron chi connectivity index (χ2n) is 5.27. The number of aliphatic hydroxyl groups excluding tert-OH is 1. The van der Waals surface area contributed by atoms with Crippen LogP contribution in [0.3, 0.4) is 0 Å². The first-order chi connectivity index (χ1) is 8.04. The van der Waals surface area contributed by atoms with Crippen molar-refractivity contribution in [2.75, 3.05) is 40.5 Å². The number of rotatable bonds is 4. The van der Waals surface area contributed by atoms with E-state index in [0.29, 0.717) is 6.54 Å². The third-order valence-electron chi connectivity index (χ3n) is 4.42. The van der Waals surface area contributed by atoms with Crippen molar-refractivity contribution in [1.29, 1.82) is 0 Å². The first-order valence-corrected chi connectivity index (χ1v) is 5.98. The number of piperidine rings is 3. The fourth-order valence-corrected chi connectivity index (χ4v) is 3.24. The van der Waals surface area contributed by atoms with E-state index in [0.717, 1.165) is 13.0 Å². The Morgan fingerprint density at radius 2 is 2.24 bits per heavy atom. The molecule has 1 N–H and O–H groups in total. The minimum Gasteiger partial charge on any atom is -0.394 e. The summed E-state index contributed by atoms with van der Waals surface area (Å²) in [5, 5.41) is 9.62. The highest BCUT2D eigenvalue weighted by Crippen LogP contribution is 2.43. The number of ether oxygens (including phenoxy) is 2. The topological polar surface area (TPSA) is 59.0 Å². The van der Waals surface area contributed by atoms with Crippen LogP contribution >= 0.6 is 0 Å². The molecule has 0 spiro atoms. The Hall–Kier alpha value is -0.490. The molecule has 17 heavy (non-hydrogen) atoms. The van der Waals surface area contributed by atoms with Gasteiger partial charge in [-0.3, -0.25) is 9.69 Å². The molecule has 3 rings (SSSR count). The maximum atomic E-state index is 12.5. The first kappa shape index (κ1) is 13.0. The van der Waals surface area contributed by atoms with Gasteiger partial charge in [-0.05, 0) is 13.3 Å². The normalized spacial score (nSPS) is 45.3. The van der Waals surface area contributed by atoms with Gasteiger partial charge in [-0.15, -0.1) is 0 Å². The lowest BCUT2D eigenvalue weighted by Gasteiger charge is -2.58.